The van der Waals surface area contributed by atoms with Crippen molar-refractivity contribution in [3.63, 3.8) is 0 Å². The minimum absolute atomic E-state index is 0.122. The second-order valence-corrected chi connectivity index (χ2v) is 5.51. The average molecular weight is 290 g/mol. The summed E-state index contributed by atoms with van der Waals surface area (Å²) in [5.41, 5.74) is 1.96. The van der Waals surface area contributed by atoms with Gasteiger partial charge in [0, 0.05) is 37.9 Å². The first kappa shape index (κ1) is 17.5. The third kappa shape index (κ3) is 5.41. The van der Waals surface area contributed by atoms with E-state index >= 15 is 0 Å². The molecule has 0 aliphatic carbocycles. The lowest BCUT2D eigenvalue weighted by Gasteiger charge is -2.21. The minimum atomic E-state index is 0.122. The maximum absolute atomic E-state index is 12.2. The topological polar surface area (TPSA) is 23.6 Å². The van der Waals surface area contributed by atoms with Gasteiger partial charge in [0.25, 0.3) is 5.91 Å². The molecule has 1 aromatic rings. The third-order valence-electron chi connectivity index (χ3n) is 3.95. The molecule has 1 aromatic carbocycles. The maximum atomic E-state index is 12.2. The van der Waals surface area contributed by atoms with Crippen molar-refractivity contribution in [3.8, 4) is 0 Å². The Bertz CT molecular complexity index is 410. The molecule has 0 aromatic heterocycles. The van der Waals surface area contributed by atoms with Crippen LogP contribution in [0.4, 0.5) is 5.69 Å². The summed E-state index contributed by atoms with van der Waals surface area (Å²) in [6.07, 6.45) is 5.10. The third-order valence-corrected chi connectivity index (χ3v) is 3.95. The van der Waals surface area contributed by atoms with Gasteiger partial charge in [0.15, 0.2) is 0 Å². The van der Waals surface area contributed by atoms with Crippen LogP contribution in [0.1, 0.15) is 56.8 Å². The van der Waals surface area contributed by atoms with Crippen molar-refractivity contribution in [1.82, 2.24) is 4.90 Å². The largest absolute Gasteiger partial charge is 0.375 e. The summed E-state index contributed by atoms with van der Waals surface area (Å²) in [6.45, 7) is 8.85. The van der Waals surface area contributed by atoms with Gasteiger partial charge < -0.3 is 9.80 Å². The lowest BCUT2D eigenvalue weighted by atomic mass is 10.1. The first-order valence-corrected chi connectivity index (χ1v) is 8.24. The molecule has 0 unspecified atom stereocenters. The fourth-order valence-corrected chi connectivity index (χ4v) is 2.46. The number of amides is 1. The maximum Gasteiger partial charge on any atom is 0.253 e. The highest BCUT2D eigenvalue weighted by atomic mass is 16.2. The van der Waals surface area contributed by atoms with Gasteiger partial charge in [-0.1, -0.05) is 26.2 Å². The first-order valence-electron chi connectivity index (χ1n) is 8.24. The summed E-state index contributed by atoms with van der Waals surface area (Å²) in [5, 5.41) is 0. The number of nitrogens with zero attached hydrogens (tertiary/aromatic N) is 2. The van der Waals surface area contributed by atoms with E-state index < -0.39 is 0 Å². The number of unbranched alkanes of at least 4 members (excludes halogenated alkanes) is 3. The molecule has 0 saturated carbocycles. The van der Waals surface area contributed by atoms with Crippen molar-refractivity contribution in [2.45, 2.75) is 46.5 Å². The van der Waals surface area contributed by atoms with Gasteiger partial charge in [0.05, 0.1) is 0 Å². The Kier molecular flexibility index (Phi) is 7.88. The second-order valence-electron chi connectivity index (χ2n) is 5.51. The zero-order chi connectivity index (χ0) is 15.7. The molecule has 3 heteroatoms. The van der Waals surface area contributed by atoms with Gasteiger partial charge in [-0.25, -0.2) is 0 Å². The Morgan fingerprint density at radius 1 is 0.952 bits per heavy atom. The van der Waals surface area contributed by atoms with Crippen LogP contribution in [0.15, 0.2) is 24.3 Å². The van der Waals surface area contributed by atoms with E-state index in [1.54, 1.807) is 0 Å². The molecule has 1 rings (SSSR count). The van der Waals surface area contributed by atoms with Crippen LogP contribution in [-0.2, 0) is 0 Å². The summed E-state index contributed by atoms with van der Waals surface area (Å²) >= 11 is 0. The number of anilines is 1. The molecule has 0 aliphatic heterocycles. The van der Waals surface area contributed by atoms with Gasteiger partial charge in [-0.15, -0.1) is 0 Å². The number of benzene rings is 1. The number of carbonyl (C=O) groups excluding carboxylic acids is 1. The van der Waals surface area contributed by atoms with E-state index in [4.69, 9.17) is 0 Å². The Balaban J connectivity index is 2.58. The zero-order valence-corrected chi connectivity index (χ0v) is 14.1. The Morgan fingerprint density at radius 2 is 1.57 bits per heavy atom. The van der Waals surface area contributed by atoms with Crippen LogP contribution in [0.25, 0.3) is 0 Å². The van der Waals surface area contributed by atoms with Crippen molar-refractivity contribution in [1.29, 1.82) is 0 Å². The monoisotopic (exact) mass is 290 g/mol. The summed E-state index contributed by atoms with van der Waals surface area (Å²) in [5.74, 6) is 0.122. The summed E-state index contributed by atoms with van der Waals surface area (Å²) in [7, 11) is 2.12. The molecule has 118 valence electrons. The number of hydrogen-bond acceptors (Lipinski definition) is 2. The van der Waals surface area contributed by atoms with Gasteiger partial charge in [-0.2, -0.15) is 0 Å². The Labute approximate surface area is 129 Å². The molecule has 0 aliphatic rings. The Hall–Kier alpha value is -1.51. The number of rotatable bonds is 9. The summed E-state index contributed by atoms with van der Waals surface area (Å²) in [4.78, 5) is 16.4. The van der Waals surface area contributed by atoms with Crippen molar-refractivity contribution < 1.29 is 4.79 Å². The van der Waals surface area contributed by atoms with E-state index in [9.17, 15) is 4.79 Å². The molecule has 0 heterocycles. The molecule has 0 saturated heterocycles. The predicted octanol–water partition coefficient (Wildman–Crippen LogP) is 4.19. The molecule has 3 nitrogen and oxygen atoms in total. The first-order chi connectivity index (χ1) is 10.1. The highest BCUT2D eigenvalue weighted by Crippen LogP contribution is 2.16. The van der Waals surface area contributed by atoms with Gasteiger partial charge in [-0.05, 0) is 44.5 Å². The molecule has 0 radical (unpaired) electrons. The fourth-order valence-electron chi connectivity index (χ4n) is 2.46. The zero-order valence-electron chi connectivity index (χ0n) is 14.1. The van der Waals surface area contributed by atoms with E-state index in [-0.39, 0.29) is 5.91 Å². The molecule has 0 spiro atoms. The highest BCUT2D eigenvalue weighted by Gasteiger charge is 2.12. The lowest BCUT2D eigenvalue weighted by Crippen LogP contribution is -2.30. The van der Waals surface area contributed by atoms with E-state index in [1.165, 1.54) is 31.4 Å². The van der Waals surface area contributed by atoms with Crippen LogP contribution in [0.3, 0.4) is 0 Å². The van der Waals surface area contributed by atoms with Crippen LogP contribution in [0.2, 0.25) is 0 Å². The van der Waals surface area contributed by atoms with Crippen LogP contribution < -0.4 is 4.90 Å². The molecule has 0 bridgehead atoms. The normalized spacial score (nSPS) is 10.5. The predicted molar refractivity (Wildman–Crippen MR) is 91.1 cm³/mol. The molecular weight excluding hydrogens is 260 g/mol. The van der Waals surface area contributed by atoms with Crippen molar-refractivity contribution in [2.75, 3.05) is 31.6 Å². The fraction of sp³-hybridized carbons (Fsp3) is 0.611. The Morgan fingerprint density at radius 3 is 2.10 bits per heavy atom. The van der Waals surface area contributed by atoms with Crippen LogP contribution in [0, 0.1) is 0 Å². The molecule has 21 heavy (non-hydrogen) atoms. The molecule has 0 N–H and O–H groups in total. The SMILES string of the molecule is CCCCCCN(C)c1ccc(C(=O)N(CC)CC)cc1. The molecule has 0 atom stereocenters. The van der Waals surface area contributed by atoms with Gasteiger partial charge in [0.1, 0.15) is 0 Å². The van der Waals surface area contributed by atoms with Gasteiger partial charge >= 0.3 is 0 Å². The highest BCUT2D eigenvalue weighted by molar-refractivity contribution is 5.94. The molecule has 0 fully saturated rings. The van der Waals surface area contributed by atoms with Gasteiger partial charge in [0.2, 0.25) is 0 Å². The summed E-state index contributed by atoms with van der Waals surface area (Å²) in [6, 6.07) is 7.99. The number of carbonyl (C=O) groups is 1. The minimum Gasteiger partial charge on any atom is -0.375 e. The lowest BCUT2D eigenvalue weighted by molar-refractivity contribution is 0.0773. The average Bonchev–Trinajstić information content (AvgIpc) is 2.52. The van der Waals surface area contributed by atoms with Crippen LogP contribution in [-0.4, -0.2) is 37.5 Å². The van der Waals surface area contributed by atoms with Crippen molar-refractivity contribution in [3.05, 3.63) is 29.8 Å². The van der Waals surface area contributed by atoms with E-state index in [1.807, 2.05) is 30.9 Å². The van der Waals surface area contributed by atoms with E-state index in [0.29, 0.717) is 0 Å². The molecular formula is C18H30N2O. The van der Waals surface area contributed by atoms with Crippen LogP contribution in [0.5, 0.6) is 0 Å². The smallest absolute Gasteiger partial charge is 0.253 e. The number of hydrogen-bond donors (Lipinski definition) is 0. The molecule has 1 amide bonds. The van der Waals surface area contributed by atoms with Gasteiger partial charge in [-0.3, -0.25) is 4.79 Å². The second kappa shape index (κ2) is 9.43. The van der Waals surface area contributed by atoms with Crippen molar-refractivity contribution >= 4 is 11.6 Å². The van der Waals surface area contributed by atoms with Crippen LogP contribution >= 0.6 is 0 Å². The van der Waals surface area contributed by atoms with E-state index in [0.717, 1.165) is 25.2 Å². The van der Waals surface area contributed by atoms with E-state index in [2.05, 4.69) is 31.0 Å². The quantitative estimate of drug-likeness (QED) is 0.637. The summed E-state index contributed by atoms with van der Waals surface area (Å²) < 4.78 is 0. The standard InChI is InChI=1S/C18H30N2O/c1-5-8-9-10-15-19(4)17-13-11-16(12-14-17)18(21)20(6-2)7-3/h11-14H,5-10,15H2,1-4H3. The van der Waals surface area contributed by atoms with Crippen molar-refractivity contribution in [2.24, 2.45) is 0 Å².